The Balaban J connectivity index is 1.32. The molecule has 272 valence electrons. The van der Waals surface area contributed by atoms with Gasteiger partial charge in [-0.25, -0.2) is 18.2 Å². The summed E-state index contributed by atoms with van der Waals surface area (Å²) < 4.78 is 27.6. The van der Waals surface area contributed by atoms with Gasteiger partial charge in [-0.05, 0) is 60.6 Å². The number of nitrogens with one attached hydrogen (secondary N) is 3. The Hall–Kier alpha value is -3.43. The van der Waals surface area contributed by atoms with E-state index in [0.29, 0.717) is 35.0 Å². The first kappa shape index (κ1) is 36.4. The summed E-state index contributed by atoms with van der Waals surface area (Å²) in [5.41, 5.74) is -0.00399. The highest BCUT2D eigenvalue weighted by Crippen LogP contribution is 2.49. The number of benzene rings is 1. The van der Waals surface area contributed by atoms with Crippen molar-refractivity contribution < 1.29 is 32.7 Å². The van der Waals surface area contributed by atoms with Gasteiger partial charge in [-0.1, -0.05) is 64.8 Å². The minimum atomic E-state index is -3.86. The van der Waals surface area contributed by atoms with Crippen LogP contribution in [0.1, 0.15) is 94.7 Å². The molecular weight excluding hydrogens is 704 g/mol. The van der Waals surface area contributed by atoms with Crippen molar-refractivity contribution >= 4 is 61.9 Å². The number of carboxylic acid groups (broad SMARTS) is 1. The number of halogens is 1. The van der Waals surface area contributed by atoms with E-state index in [9.17, 15) is 32.7 Å². The van der Waals surface area contributed by atoms with Crippen LogP contribution < -0.4 is 15.4 Å². The molecule has 1 aromatic carbocycles. The minimum absolute atomic E-state index is 0.0732. The topological polar surface area (TPSA) is 178 Å². The summed E-state index contributed by atoms with van der Waals surface area (Å²) in [6.07, 6.45) is 2.51. The fraction of sp³-hybridized carbons (Fsp3) is 0.618. The quantitative estimate of drug-likeness (QED) is 0.240. The van der Waals surface area contributed by atoms with Gasteiger partial charge in [0.25, 0.3) is 5.91 Å². The third-order valence-electron chi connectivity index (χ3n) is 10.6. The highest BCUT2D eigenvalue weighted by atomic mass is 35.5. The van der Waals surface area contributed by atoms with Gasteiger partial charge in [0.1, 0.15) is 17.6 Å². The molecule has 2 saturated carbocycles. The van der Waals surface area contributed by atoms with E-state index in [1.165, 1.54) is 21.1 Å². The minimum Gasteiger partial charge on any atom is -0.465 e. The maximum absolute atomic E-state index is 14.6. The molecule has 0 radical (unpaired) electrons. The lowest BCUT2D eigenvalue weighted by Gasteiger charge is -2.32. The number of anilines is 1. The van der Waals surface area contributed by atoms with Crippen LogP contribution in [-0.2, 0) is 31.0 Å². The summed E-state index contributed by atoms with van der Waals surface area (Å²) in [6.45, 7) is 9.92. The summed E-state index contributed by atoms with van der Waals surface area (Å²) in [5, 5.41) is 16.8. The molecule has 0 spiro atoms. The molecule has 3 fully saturated rings. The molecule has 6 rings (SSSR count). The largest absolute Gasteiger partial charge is 0.465 e. The van der Waals surface area contributed by atoms with E-state index in [4.69, 9.17) is 11.6 Å². The van der Waals surface area contributed by atoms with E-state index in [-0.39, 0.29) is 49.6 Å². The van der Waals surface area contributed by atoms with Gasteiger partial charge in [0.2, 0.25) is 21.8 Å². The van der Waals surface area contributed by atoms with Crippen LogP contribution in [0, 0.1) is 17.8 Å². The van der Waals surface area contributed by atoms with E-state index in [2.05, 4.69) is 34.2 Å². The van der Waals surface area contributed by atoms with Crippen LogP contribution in [0.25, 0.3) is 0 Å². The number of hydrogen-bond acceptors (Lipinski definition) is 9. The van der Waals surface area contributed by atoms with Crippen LogP contribution in [0.2, 0.25) is 5.02 Å². The Morgan fingerprint density at radius 1 is 1.14 bits per heavy atom. The molecule has 0 bridgehead atoms. The molecule has 16 heteroatoms. The van der Waals surface area contributed by atoms with Gasteiger partial charge in [-0.3, -0.25) is 24.0 Å². The van der Waals surface area contributed by atoms with Crippen molar-refractivity contribution in [2.75, 3.05) is 11.9 Å². The fourth-order valence-corrected chi connectivity index (χ4v) is 9.94. The van der Waals surface area contributed by atoms with Gasteiger partial charge >= 0.3 is 6.09 Å². The summed E-state index contributed by atoms with van der Waals surface area (Å²) >= 11 is 7.96. The summed E-state index contributed by atoms with van der Waals surface area (Å²) in [7, 11) is -3.86. The van der Waals surface area contributed by atoms with Crippen molar-refractivity contribution in [2.45, 2.75) is 108 Å². The Bertz CT molecular complexity index is 1800. The van der Waals surface area contributed by atoms with Crippen LogP contribution in [0.4, 0.5) is 9.93 Å². The lowest BCUT2D eigenvalue weighted by atomic mass is 9.90. The first-order chi connectivity index (χ1) is 23.6. The number of carbonyl (C=O) groups excluding carboxylic acids is 3. The summed E-state index contributed by atoms with van der Waals surface area (Å²) in [5.74, 6) is -2.42. The maximum atomic E-state index is 14.6. The Morgan fingerprint density at radius 3 is 2.44 bits per heavy atom. The highest BCUT2D eigenvalue weighted by molar-refractivity contribution is 7.91. The number of aromatic nitrogens is 1. The lowest BCUT2D eigenvalue weighted by Crippen LogP contribution is -2.58. The number of rotatable bonds is 12. The predicted octanol–water partition coefficient (Wildman–Crippen LogP) is 4.70. The number of hydrogen-bond donors (Lipinski definition) is 4. The van der Waals surface area contributed by atoms with Gasteiger partial charge in [0.05, 0.1) is 17.8 Å². The number of thiazole rings is 1. The molecule has 2 aliphatic heterocycles. The van der Waals surface area contributed by atoms with Gasteiger partial charge in [-0.15, -0.1) is 11.3 Å². The smallest absolute Gasteiger partial charge is 0.408 e. The van der Waals surface area contributed by atoms with Crippen molar-refractivity contribution in [3.05, 3.63) is 45.4 Å². The molecule has 1 aromatic heterocycles. The second-order valence-electron chi connectivity index (χ2n) is 14.7. The van der Waals surface area contributed by atoms with Crippen LogP contribution in [0.15, 0.2) is 24.4 Å². The zero-order valence-corrected chi connectivity index (χ0v) is 31.2. The molecule has 4 N–H and O–H groups in total. The average molecular weight is 749 g/mol. The van der Waals surface area contributed by atoms with Crippen LogP contribution in [-0.4, -0.2) is 81.5 Å². The zero-order chi connectivity index (χ0) is 36.3. The van der Waals surface area contributed by atoms with Crippen molar-refractivity contribution in [1.29, 1.82) is 0 Å². The molecule has 50 heavy (non-hydrogen) atoms. The highest BCUT2D eigenvalue weighted by Gasteiger charge is 2.62. The van der Waals surface area contributed by atoms with E-state index < -0.39 is 62.8 Å². The number of likely N-dealkylation sites (tertiary alicyclic amines) is 1. The Kier molecular flexibility index (Phi) is 9.89. The molecule has 2 aliphatic carbocycles. The monoisotopic (exact) mass is 748 g/mol. The standard InChI is InChI=1S/C34H45ClN6O7S2/c1-6-20-13-34(20,31(44)39-50(47,48)21-10-11-21)38-29(42)25-12-19(28-22-8-7-9-24(35)23(22)16-41(28)33(45)46)15-40(25)30(43)27(18(4)5)37-32-36-14-26(49-32)17(2)3/h7-9,14,17-21,25,27-28H,6,10-13,15-16H2,1-5H3,(H,36,37)(H,38,42)(H,39,44)(H,45,46)/t19-,20-,25+,27+,28?,34-/m1/s1. The molecule has 3 heterocycles. The van der Waals surface area contributed by atoms with E-state index in [0.717, 1.165) is 10.4 Å². The third-order valence-corrected chi connectivity index (χ3v) is 14.0. The van der Waals surface area contributed by atoms with Gasteiger partial charge in [-0.2, -0.15) is 0 Å². The van der Waals surface area contributed by atoms with Gasteiger partial charge in [0, 0.05) is 28.6 Å². The third kappa shape index (κ3) is 6.80. The van der Waals surface area contributed by atoms with Crippen LogP contribution in [0.3, 0.4) is 0 Å². The van der Waals surface area contributed by atoms with Gasteiger partial charge < -0.3 is 20.6 Å². The van der Waals surface area contributed by atoms with E-state index >= 15 is 0 Å². The predicted molar refractivity (Wildman–Crippen MR) is 189 cm³/mol. The molecule has 2 aromatic rings. The van der Waals surface area contributed by atoms with Gasteiger partial charge in [0.15, 0.2) is 5.13 Å². The summed E-state index contributed by atoms with van der Waals surface area (Å²) in [6, 6.07) is 2.81. The van der Waals surface area contributed by atoms with E-state index in [1.54, 1.807) is 18.3 Å². The molecule has 1 unspecified atom stereocenters. The first-order valence-corrected chi connectivity index (χ1v) is 20.0. The fourth-order valence-electron chi connectivity index (χ4n) is 7.48. The van der Waals surface area contributed by atoms with Crippen molar-refractivity contribution in [1.82, 2.24) is 24.8 Å². The lowest BCUT2D eigenvalue weighted by molar-refractivity contribution is -0.140. The molecule has 1 saturated heterocycles. The Labute approximate surface area is 301 Å². The van der Waals surface area contributed by atoms with Crippen LogP contribution in [0.5, 0.6) is 0 Å². The molecular formula is C34H45ClN6O7S2. The average Bonchev–Trinajstić information content (AvgIpc) is 3.86. The number of fused-ring (bicyclic) bond motifs is 1. The van der Waals surface area contributed by atoms with E-state index in [1.807, 2.05) is 26.8 Å². The second-order valence-corrected chi connectivity index (χ2v) is 18.1. The van der Waals surface area contributed by atoms with Crippen molar-refractivity contribution in [3.63, 3.8) is 0 Å². The SMILES string of the molecule is CC[C@@H]1C[C@]1(NC(=O)[C@@H]1C[C@@H](C2c3cccc(Cl)c3CN2C(=O)O)CN1C(=O)[C@@H](Nc1ncc(C(C)C)s1)C(C)C)C(=O)NS(=O)(=O)C1CC1. The number of nitrogens with zero attached hydrogens (tertiary/aromatic N) is 3. The maximum Gasteiger partial charge on any atom is 0.408 e. The molecule has 4 amide bonds. The van der Waals surface area contributed by atoms with Crippen molar-refractivity contribution in [3.8, 4) is 0 Å². The Morgan fingerprint density at radius 2 is 1.86 bits per heavy atom. The first-order valence-electron chi connectivity index (χ1n) is 17.3. The number of sulfonamides is 1. The van der Waals surface area contributed by atoms with Crippen LogP contribution >= 0.6 is 22.9 Å². The molecule has 4 aliphatic rings. The normalized spacial score (nSPS) is 26.6. The zero-order valence-electron chi connectivity index (χ0n) is 28.8. The number of amides is 4. The molecule has 6 atom stereocenters. The number of carbonyl (C=O) groups is 4. The second kappa shape index (κ2) is 13.6. The summed E-state index contributed by atoms with van der Waals surface area (Å²) in [4.78, 5) is 63.4. The van der Waals surface area contributed by atoms with Crippen molar-refractivity contribution in [2.24, 2.45) is 17.8 Å². The molecule has 13 nitrogen and oxygen atoms in total.